The van der Waals surface area contributed by atoms with E-state index in [1.54, 1.807) is 11.0 Å². The molecule has 17 heavy (non-hydrogen) atoms. The van der Waals surface area contributed by atoms with E-state index in [1.807, 2.05) is 31.2 Å². The summed E-state index contributed by atoms with van der Waals surface area (Å²) < 4.78 is 0. The minimum atomic E-state index is -0.452. The van der Waals surface area contributed by atoms with E-state index < -0.39 is 5.60 Å². The molecule has 4 heteroatoms. The Balaban J connectivity index is 1.88. The number of benzene rings is 1. The van der Waals surface area contributed by atoms with Gasteiger partial charge >= 0.3 is 0 Å². The molecule has 1 heterocycles. The van der Waals surface area contributed by atoms with Crippen LogP contribution in [0.5, 0.6) is 0 Å². The minimum absolute atomic E-state index is 0.452. The summed E-state index contributed by atoms with van der Waals surface area (Å²) in [5, 5.41) is 18.4. The summed E-state index contributed by atoms with van der Waals surface area (Å²) in [6.45, 7) is 1.92. The molecule has 0 saturated heterocycles. The fourth-order valence-electron chi connectivity index (χ4n) is 1.96. The van der Waals surface area contributed by atoms with Crippen molar-refractivity contribution in [3.8, 4) is 5.69 Å². The van der Waals surface area contributed by atoms with Gasteiger partial charge in [0.05, 0.1) is 23.2 Å². The van der Waals surface area contributed by atoms with Crippen molar-refractivity contribution < 1.29 is 5.11 Å². The molecule has 1 fully saturated rings. The smallest absolute Gasteiger partial charge is 0.0859 e. The monoisotopic (exact) mass is 229 g/mol. The average molecular weight is 229 g/mol. The van der Waals surface area contributed by atoms with Crippen LogP contribution >= 0.6 is 0 Å². The second kappa shape index (κ2) is 3.67. The maximum absolute atomic E-state index is 9.91. The van der Waals surface area contributed by atoms with Crippen molar-refractivity contribution in [1.29, 1.82) is 0 Å². The molecule has 0 atom stereocenters. The molecule has 1 aliphatic rings. The first-order valence-corrected chi connectivity index (χ1v) is 5.85. The van der Waals surface area contributed by atoms with E-state index in [0.717, 1.165) is 36.2 Å². The first-order valence-electron chi connectivity index (χ1n) is 5.85. The Kier molecular flexibility index (Phi) is 2.26. The summed E-state index contributed by atoms with van der Waals surface area (Å²) in [5.74, 6) is 0. The van der Waals surface area contributed by atoms with E-state index >= 15 is 0 Å². The van der Waals surface area contributed by atoms with Crippen molar-refractivity contribution in [2.24, 2.45) is 0 Å². The Bertz CT molecular complexity index is 543. The van der Waals surface area contributed by atoms with Gasteiger partial charge in [-0.15, -0.1) is 0 Å². The molecule has 1 aliphatic carbocycles. The molecule has 0 spiro atoms. The molecule has 0 radical (unpaired) electrons. The van der Waals surface area contributed by atoms with Gasteiger partial charge < -0.3 is 5.11 Å². The molecule has 1 N–H and O–H groups in total. The summed E-state index contributed by atoms with van der Waals surface area (Å²) in [7, 11) is 0. The Morgan fingerprint density at radius 1 is 1.41 bits per heavy atom. The van der Waals surface area contributed by atoms with E-state index in [1.165, 1.54) is 0 Å². The van der Waals surface area contributed by atoms with Crippen LogP contribution in [0.25, 0.3) is 5.69 Å². The van der Waals surface area contributed by atoms with Gasteiger partial charge in [-0.3, -0.25) is 0 Å². The second-order valence-electron chi connectivity index (χ2n) is 4.85. The molecule has 0 unspecified atom stereocenters. The first kappa shape index (κ1) is 10.5. The average Bonchev–Trinajstić information content (AvgIpc) is 2.87. The fraction of sp³-hybridized carbons (Fsp3) is 0.385. The molecule has 1 aromatic heterocycles. The third kappa shape index (κ3) is 2.22. The third-order valence-electron chi connectivity index (χ3n) is 3.11. The van der Waals surface area contributed by atoms with Crippen LogP contribution in [0.4, 0.5) is 0 Å². The van der Waals surface area contributed by atoms with Crippen LogP contribution in [0.3, 0.4) is 0 Å². The van der Waals surface area contributed by atoms with Crippen LogP contribution in [0, 0.1) is 6.92 Å². The number of rotatable bonds is 3. The molecule has 2 aromatic rings. The molecular weight excluding hydrogens is 214 g/mol. The highest BCUT2D eigenvalue weighted by atomic mass is 16.3. The van der Waals surface area contributed by atoms with Crippen LogP contribution in [0.15, 0.2) is 30.5 Å². The van der Waals surface area contributed by atoms with Gasteiger partial charge in [0.25, 0.3) is 0 Å². The molecule has 0 bridgehead atoms. The predicted octanol–water partition coefficient (Wildman–Crippen LogP) is 1.64. The van der Waals surface area contributed by atoms with Gasteiger partial charge in [0.15, 0.2) is 0 Å². The molecule has 0 amide bonds. The molecule has 4 nitrogen and oxygen atoms in total. The lowest BCUT2D eigenvalue weighted by Gasteiger charge is -2.08. The Morgan fingerprint density at radius 2 is 2.24 bits per heavy atom. The third-order valence-corrected chi connectivity index (χ3v) is 3.11. The number of hydrogen-bond donors (Lipinski definition) is 1. The van der Waals surface area contributed by atoms with Gasteiger partial charge in [-0.25, -0.2) is 0 Å². The lowest BCUT2D eigenvalue weighted by Crippen LogP contribution is -2.11. The molecular formula is C13H15N3O. The van der Waals surface area contributed by atoms with Gasteiger partial charge in [0, 0.05) is 6.42 Å². The largest absolute Gasteiger partial charge is 0.390 e. The SMILES string of the molecule is Cc1cnn(-c2cccc(CC3(O)CC3)c2)n1. The van der Waals surface area contributed by atoms with Crippen LogP contribution in [-0.2, 0) is 6.42 Å². The summed E-state index contributed by atoms with van der Waals surface area (Å²) in [6, 6.07) is 8.03. The molecule has 88 valence electrons. The number of nitrogens with zero attached hydrogens (tertiary/aromatic N) is 3. The predicted molar refractivity (Wildman–Crippen MR) is 64.0 cm³/mol. The van der Waals surface area contributed by atoms with Crippen molar-refractivity contribution in [2.75, 3.05) is 0 Å². The van der Waals surface area contributed by atoms with Crippen molar-refractivity contribution in [1.82, 2.24) is 15.0 Å². The van der Waals surface area contributed by atoms with E-state index in [-0.39, 0.29) is 0 Å². The lowest BCUT2D eigenvalue weighted by atomic mass is 10.1. The van der Waals surface area contributed by atoms with Crippen molar-refractivity contribution in [3.63, 3.8) is 0 Å². The van der Waals surface area contributed by atoms with E-state index in [2.05, 4.69) is 10.2 Å². The van der Waals surface area contributed by atoms with Crippen LogP contribution in [-0.4, -0.2) is 25.7 Å². The summed E-state index contributed by atoms with van der Waals surface area (Å²) >= 11 is 0. The topological polar surface area (TPSA) is 50.9 Å². The van der Waals surface area contributed by atoms with Crippen LogP contribution < -0.4 is 0 Å². The maximum Gasteiger partial charge on any atom is 0.0859 e. The fourth-order valence-corrected chi connectivity index (χ4v) is 1.96. The molecule has 0 aliphatic heterocycles. The van der Waals surface area contributed by atoms with Gasteiger partial charge in [0.2, 0.25) is 0 Å². The normalized spacial score (nSPS) is 17.1. The molecule has 1 saturated carbocycles. The highest BCUT2D eigenvalue weighted by Crippen LogP contribution is 2.38. The van der Waals surface area contributed by atoms with Crippen LogP contribution in [0.2, 0.25) is 0 Å². The quantitative estimate of drug-likeness (QED) is 0.870. The zero-order valence-corrected chi connectivity index (χ0v) is 9.80. The maximum atomic E-state index is 9.91. The number of aliphatic hydroxyl groups is 1. The first-order chi connectivity index (χ1) is 8.15. The standard InChI is InChI=1S/C13H15N3O/c1-10-9-14-16(15-10)12-4-2-3-11(7-12)8-13(17)5-6-13/h2-4,7,9,17H,5-6,8H2,1H3. The Morgan fingerprint density at radius 3 is 2.88 bits per heavy atom. The highest BCUT2D eigenvalue weighted by Gasteiger charge is 2.40. The number of hydrogen-bond acceptors (Lipinski definition) is 3. The zero-order valence-electron chi connectivity index (χ0n) is 9.80. The number of aromatic nitrogens is 3. The van der Waals surface area contributed by atoms with Crippen molar-refractivity contribution >= 4 is 0 Å². The van der Waals surface area contributed by atoms with Crippen LogP contribution in [0.1, 0.15) is 24.1 Å². The highest BCUT2D eigenvalue weighted by molar-refractivity contribution is 5.35. The second-order valence-corrected chi connectivity index (χ2v) is 4.85. The van der Waals surface area contributed by atoms with E-state index in [9.17, 15) is 5.11 Å². The van der Waals surface area contributed by atoms with Crippen molar-refractivity contribution in [2.45, 2.75) is 31.8 Å². The summed E-state index contributed by atoms with van der Waals surface area (Å²) in [6.07, 6.45) is 4.29. The molecule has 1 aromatic carbocycles. The molecule has 3 rings (SSSR count). The van der Waals surface area contributed by atoms with Crippen molar-refractivity contribution in [3.05, 3.63) is 41.7 Å². The minimum Gasteiger partial charge on any atom is -0.390 e. The van der Waals surface area contributed by atoms with Gasteiger partial charge in [-0.1, -0.05) is 12.1 Å². The Labute approximate surface area is 99.9 Å². The Hall–Kier alpha value is -1.68. The van der Waals surface area contributed by atoms with Gasteiger partial charge in [-0.05, 0) is 37.5 Å². The summed E-state index contributed by atoms with van der Waals surface area (Å²) in [5.41, 5.74) is 2.53. The van der Waals surface area contributed by atoms with E-state index in [0.29, 0.717) is 0 Å². The van der Waals surface area contributed by atoms with Gasteiger partial charge in [0.1, 0.15) is 0 Å². The van der Waals surface area contributed by atoms with E-state index in [4.69, 9.17) is 0 Å². The zero-order chi connectivity index (χ0) is 11.9. The van der Waals surface area contributed by atoms with Gasteiger partial charge in [-0.2, -0.15) is 15.0 Å². The lowest BCUT2D eigenvalue weighted by molar-refractivity contribution is 0.151. The number of aryl methyl sites for hydroxylation is 1. The summed E-state index contributed by atoms with van der Waals surface area (Å²) in [4.78, 5) is 1.62.